The fourth-order valence-electron chi connectivity index (χ4n) is 3.37. The first kappa shape index (κ1) is 19.0. The zero-order valence-corrected chi connectivity index (χ0v) is 16.2. The van der Waals surface area contributed by atoms with Crippen LogP contribution in [0, 0.1) is 0 Å². The topological polar surface area (TPSA) is 115 Å². The maximum absolute atomic E-state index is 12.6. The van der Waals surface area contributed by atoms with Crippen LogP contribution in [0.1, 0.15) is 36.4 Å². The van der Waals surface area contributed by atoms with E-state index in [9.17, 15) is 13.2 Å². The monoisotopic (exact) mass is 406 g/mol. The van der Waals surface area contributed by atoms with E-state index in [1.165, 1.54) is 16.4 Å². The smallest absolute Gasteiger partial charge is 0.308 e. The zero-order valence-electron chi connectivity index (χ0n) is 15.3. The van der Waals surface area contributed by atoms with E-state index >= 15 is 0 Å². The first-order valence-corrected chi connectivity index (χ1v) is 10.8. The number of aromatic nitrogens is 2. The second-order valence-electron chi connectivity index (χ2n) is 6.89. The number of ether oxygens (including phenoxy) is 1. The molecule has 1 N–H and O–H groups in total. The molecule has 0 radical (unpaired) electrons. The summed E-state index contributed by atoms with van der Waals surface area (Å²) in [5.74, 6) is -0.434. The van der Waals surface area contributed by atoms with Gasteiger partial charge in [-0.05, 0) is 49.9 Å². The van der Waals surface area contributed by atoms with Crippen molar-refractivity contribution >= 4 is 15.9 Å². The Bertz CT molecular complexity index is 929. The highest BCUT2D eigenvalue weighted by Gasteiger charge is 2.27. The number of hydrogen-bond acceptors (Lipinski definition) is 7. The molecule has 1 aromatic heterocycles. The summed E-state index contributed by atoms with van der Waals surface area (Å²) in [5.41, 5.74) is 0.547. The number of nitrogens with one attached hydrogen (secondary N) is 1. The molecular weight excluding hydrogens is 384 g/mol. The number of hydrogen-bond donors (Lipinski definition) is 1. The summed E-state index contributed by atoms with van der Waals surface area (Å²) in [4.78, 5) is 12.4. The summed E-state index contributed by atoms with van der Waals surface area (Å²) in [6, 6.07) is 6.24. The van der Waals surface area contributed by atoms with Crippen LogP contribution in [0.3, 0.4) is 0 Å². The minimum atomic E-state index is -3.47. The van der Waals surface area contributed by atoms with Crippen LogP contribution in [0.15, 0.2) is 33.6 Å². The zero-order chi connectivity index (χ0) is 19.6. The van der Waals surface area contributed by atoms with Crippen molar-refractivity contribution in [1.29, 1.82) is 0 Å². The first-order chi connectivity index (χ1) is 13.5. The molecule has 0 unspecified atom stereocenters. The third-order valence-electron chi connectivity index (χ3n) is 4.94. The Balaban J connectivity index is 1.42. The number of carbonyl (C=O) groups excluding carboxylic acids is 1. The van der Waals surface area contributed by atoms with Crippen molar-refractivity contribution in [2.75, 3.05) is 26.2 Å². The number of carbonyl (C=O) groups is 1. The van der Waals surface area contributed by atoms with E-state index in [-0.39, 0.29) is 22.8 Å². The highest BCUT2D eigenvalue weighted by Crippen LogP contribution is 2.24. The molecule has 10 heteroatoms. The second kappa shape index (κ2) is 7.98. The van der Waals surface area contributed by atoms with Crippen LogP contribution in [-0.2, 0) is 14.8 Å². The molecule has 1 atom stereocenters. The van der Waals surface area contributed by atoms with Gasteiger partial charge in [0.1, 0.15) is 0 Å². The maximum atomic E-state index is 12.6. The molecule has 1 amide bonds. The molecule has 0 bridgehead atoms. The van der Waals surface area contributed by atoms with Crippen molar-refractivity contribution < 1.29 is 22.4 Å². The van der Waals surface area contributed by atoms with E-state index in [2.05, 4.69) is 15.5 Å². The number of nitrogens with zero attached hydrogens (tertiary/aromatic N) is 3. The average Bonchev–Trinajstić information content (AvgIpc) is 3.48. The number of sulfonamides is 1. The lowest BCUT2D eigenvalue weighted by Crippen LogP contribution is -2.31. The van der Waals surface area contributed by atoms with E-state index in [0.717, 1.165) is 25.7 Å². The Morgan fingerprint density at radius 2 is 1.89 bits per heavy atom. The Labute approximate surface area is 163 Å². The van der Waals surface area contributed by atoms with Gasteiger partial charge >= 0.3 is 11.8 Å². The van der Waals surface area contributed by atoms with Crippen LogP contribution < -0.4 is 5.32 Å². The Kier molecular flexibility index (Phi) is 5.42. The normalized spacial score (nSPS) is 20.5. The van der Waals surface area contributed by atoms with Crippen LogP contribution in [-0.4, -0.2) is 61.2 Å². The van der Waals surface area contributed by atoms with Crippen molar-refractivity contribution in [3.05, 3.63) is 30.2 Å². The third-order valence-corrected chi connectivity index (χ3v) is 6.85. The van der Waals surface area contributed by atoms with Crippen LogP contribution >= 0.6 is 0 Å². The van der Waals surface area contributed by atoms with Gasteiger partial charge in [0.25, 0.3) is 0 Å². The Morgan fingerprint density at radius 1 is 1.14 bits per heavy atom. The van der Waals surface area contributed by atoms with Crippen LogP contribution in [0.25, 0.3) is 11.5 Å². The van der Waals surface area contributed by atoms with Crippen molar-refractivity contribution in [2.45, 2.75) is 36.7 Å². The fraction of sp³-hybridized carbons (Fsp3) is 0.500. The van der Waals surface area contributed by atoms with E-state index in [1.807, 2.05) is 0 Å². The summed E-state index contributed by atoms with van der Waals surface area (Å²) < 4.78 is 37.5. The Morgan fingerprint density at radius 3 is 2.57 bits per heavy atom. The largest absolute Gasteiger partial charge is 0.412 e. The van der Waals surface area contributed by atoms with Gasteiger partial charge in [-0.3, -0.25) is 4.79 Å². The van der Waals surface area contributed by atoms with Crippen molar-refractivity contribution in [2.24, 2.45) is 0 Å². The maximum Gasteiger partial charge on any atom is 0.308 e. The minimum absolute atomic E-state index is 0.0245. The molecule has 2 saturated heterocycles. The lowest BCUT2D eigenvalue weighted by Gasteiger charge is -2.15. The van der Waals surface area contributed by atoms with Gasteiger partial charge in [-0.2, -0.15) is 4.31 Å². The first-order valence-electron chi connectivity index (χ1n) is 9.38. The average molecular weight is 406 g/mol. The van der Waals surface area contributed by atoms with Gasteiger partial charge in [0.05, 0.1) is 11.0 Å². The van der Waals surface area contributed by atoms with Gasteiger partial charge in [-0.1, -0.05) is 0 Å². The quantitative estimate of drug-likeness (QED) is 0.772. The molecule has 1 aromatic carbocycles. The summed E-state index contributed by atoms with van der Waals surface area (Å²) in [7, 11) is -3.47. The van der Waals surface area contributed by atoms with E-state index in [4.69, 9.17) is 9.15 Å². The molecule has 3 heterocycles. The van der Waals surface area contributed by atoms with Gasteiger partial charge in [0.2, 0.25) is 15.9 Å². The van der Waals surface area contributed by atoms with Gasteiger partial charge in [0.15, 0.2) is 0 Å². The predicted molar refractivity (Wildman–Crippen MR) is 99.0 cm³/mol. The molecule has 4 rings (SSSR count). The summed E-state index contributed by atoms with van der Waals surface area (Å²) in [6.45, 7) is 2.23. The Hall–Kier alpha value is -2.30. The number of amides is 1. The highest BCUT2D eigenvalue weighted by molar-refractivity contribution is 7.89. The molecule has 2 aliphatic rings. The standard InChI is InChI=1S/C18H22N4O5S/c23-16(19-12-14-4-3-11-26-14)18-21-20-17(27-18)13-5-7-15(8-6-13)28(24,25)22-9-1-2-10-22/h5-8,14H,1-4,9-12H2,(H,19,23)/t14-/m1/s1. The van der Waals surface area contributed by atoms with E-state index in [1.54, 1.807) is 12.1 Å². The van der Waals surface area contributed by atoms with Crippen molar-refractivity contribution in [3.8, 4) is 11.5 Å². The lowest BCUT2D eigenvalue weighted by molar-refractivity contribution is 0.0830. The number of rotatable bonds is 6. The van der Waals surface area contributed by atoms with Crippen LogP contribution in [0.2, 0.25) is 0 Å². The second-order valence-corrected chi connectivity index (χ2v) is 8.83. The van der Waals surface area contributed by atoms with Gasteiger partial charge in [0, 0.05) is 31.8 Å². The highest BCUT2D eigenvalue weighted by atomic mass is 32.2. The summed E-state index contributed by atoms with van der Waals surface area (Å²) in [5, 5.41) is 10.4. The van der Waals surface area contributed by atoms with Crippen LogP contribution in [0.4, 0.5) is 0 Å². The summed E-state index contributed by atoms with van der Waals surface area (Å²) >= 11 is 0. The molecule has 2 fully saturated rings. The molecule has 2 aliphatic heterocycles. The molecule has 0 saturated carbocycles. The van der Waals surface area contributed by atoms with Crippen molar-refractivity contribution in [1.82, 2.24) is 19.8 Å². The van der Waals surface area contributed by atoms with Crippen molar-refractivity contribution in [3.63, 3.8) is 0 Å². The molecule has 150 valence electrons. The van der Waals surface area contributed by atoms with Gasteiger partial charge in [-0.25, -0.2) is 8.42 Å². The number of benzene rings is 1. The molecule has 28 heavy (non-hydrogen) atoms. The lowest BCUT2D eigenvalue weighted by atomic mass is 10.2. The van der Waals surface area contributed by atoms with Crippen LogP contribution in [0.5, 0.6) is 0 Å². The molecular formula is C18H22N4O5S. The molecule has 2 aromatic rings. The fourth-order valence-corrected chi connectivity index (χ4v) is 4.88. The SMILES string of the molecule is O=C(NC[C@H]1CCCO1)c1nnc(-c2ccc(S(=O)(=O)N3CCCC3)cc2)o1. The predicted octanol–water partition coefficient (Wildman–Crippen LogP) is 1.43. The molecule has 0 aliphatic carbocycles. The van der Waals surface area contributed by atoms with Gasteiger partial charge in [-0.15, -0.1) is 10.2 Å². The molecule has 0 spiro atoms. The van der Waals surface area contributed by atoms with E-state index in [0.29, 0.717) is 31.8 Å². The third kappa shape index (κ3) is 3.94. The summed E-state index contributed by atoms with van der Waals surface area (Å²) in [6.07, 6.45) is 3.71. The minimum Gasteiger partial charge on any atom is -0.412 e. The molecule has 9 nitrogen and oxygen atoms in total. The van der Waals surface area contributed by atoms with E-state index < -0.39 is 15.9 Å². The van der Waals surface area contributed by atoms with Gasteiger partial charge < -0.3 is 14.5 Å².